The van der Waals surface area contributed by atoms with E-state index in [1.807, 2.05) is 0 Å². The number of rotatable bonds is 5. The number of aliphatic carboxylic acids is 1. The van der Waals surface area contributed by atoms with Crippen molar-refractivity contribution in [1.82, 2.24) is 4.31 Å². The molecule has 1 aliphatic carbocycles. The average molecular weight is 319 g/mol. The van der Waals surface area contributed by atoms with Crippen molar-refractivity contribution in [3.8, 4) is 0 Å². The van der Waals surface area contributed by atoms with Crippen molar-refractivity contribution in [2.24, 2.45) is 5.41 Å². The van der Waals surface area contributed by atoms with E-state index in [1.54, 1.807) is 0 Å². The molecule has 120 valence electrons. The van der Waals surface area contributed by atoms with Gasteiger partial charge in [-0.25, -0.2) is 8.42 Å². The molecular weight excluding hydrogens is 298 g/mol. The molecule has 0 aromatic rings. The summed E-state index contributed by atoms with van der Waals surface area (Å²) in [7, 11) is -2.54. The van der Waals surface area contributed by atoms with Gasteiger partial charge < -0.3 is 9.84 Å². The minimum absolute atomic E-state index is 0.205. The molecule has 1 saturated carbocycles. The van der Waals surface area contributed by atoms with Crippen LogP contribution in [-0.2, 0) is 24.3 Å². The highest BCUT2D eigenvalue weighted by Gasteiger charge is 2.49. The second-order valence-corrected chi connectivity index (χ2v) is 7.76. The van der Waals surface area contributed by atoms with E-state index < -0.39 is 33.4 Å². The molecule has 1 unspecified atom stereocenters. The Bertz CT molecular complexity index is 523. The van der Waals surface area contributed by atoms with Crippen LogP contribution in [0.25, 0.3) is 0 Å². The smallest absolute Gasteiger partial charge is 0.322 e. The molecule has 7 nitrogen and oxygen atoms in total. The zero-order valence-electron chi connectivity index (χ0n) is 12.1. The standard InChI is InChI=1S/C13H21NO6S/c1-20-12(17)13(6-2-3-7-13)9-21(18,19)14-8-4-5-10(14)11(15)16/h10H,2-9H2,1H3,(H,15,16). The van der Waals surface area contributed by atoms with Crippen molar-refractivity contribution in [2.45, 2.75) is 44.6 Å². The predicted molar refractivity (Wildman–Crippen MR) is 74.1 cm³/mol. The molecule has 21 heavy (non-hydrogen) atoms. The largest absolute Gasteiger partial charge is 0.480 e. The van der Waals surface area contributed by atoms with Crippen LogP contribution in [0, 0.1) is 5.41 Å². The number of sulfonamides is 1. The van der Waals surface area contributed by atoms with Crippen LogP contribution >= 0.6 is 0 Å². The van der Waals surface area contributed by atoms with Crippen LogP contribution in [0.5, 0.6) is 0 Å². The van der Waals surface area contributed by atoms with E-state index in [2.05, 4.69) is 0 Å². The number of ether oxygens (including phenoxy) is 1. The first-order valence-electron chi connectivity index (χ1n) is 7.13. The van der Waals surface area contributed by atoms with E-state index in [9.17, 15) is 18.0 Å². The number of carboxylic acids is 1. The minimum Gasteiger partial charge on any atom is -0.480 e. The van der Waals surface area contributed by atoms with Gasteiger partial charge in [0.15, 0.2) is 0 Å². The predicted octanol–water partition coefficient (Wildman–Crippen LogP) is 0.599. The Morgan fingerprint density at radius 1 is 1.29 bits per heavy atom. The highest BCUT2D eigenvalue weighted by atomic mass is 32.2. The van der Waals surface area contributed by atoms with Crippen LogP contribution in [0.1, 0.15) is 38.5 Å². The van der Waals surface area contributed by atoms with E-state index in [4.69, 9.17) is 9.84 Å². The van der Waals surface area contributed by atoms with Crippen LogP contribution in [0.4, 0.5) is 0 Å². The Morgan fingerprint density at radius 3 is 2.43 bits per heavy atom. The molecule has 0 bridgehead atoms. The Morgan fingerprint density at radius 2 is 1.90 bits per heavy atom. The number of esters is 1. The molecule has 2 fully saturated rings. The molecule has 0 amide bonds. The lowest BCUT2D eigenvalue weighted by Crippen LogP contribution is -2.46. The summed E-state index contributed by atoms with van der Waals surface area (Å²) in [5, 5.41) is 9.13. The number of hydrogen-bond donors (Lipinski definition) is 1. The highest BCUT2D eigenvalue weighted by molar-refractivity contribution is 7.89. The Balaban J connectivity index is 2.23. The van der Waals surface area contributed by atoms with E-state index >= 15 is 0 Å². The molecule has 0 radical (unpaired) electrons. The van der Waals surface area contributed by atoms with Crippen molar-refractivity contribution in [3.63, 3.8) is 0 Å². The third kappa shape index (κ3) is 3.06. The molecule has 1 atom stereocenters. The Hall–Kier alpha value is -1.15. The molecule has 2 aliphatic rings. The highest BCUT2D eigenvalue weighted by Crippen LogP contribution is 2.41. The first-order valence-corrected chi connectivity index (χ1v) is 8.74. The Kier molecular flexibility index (Phi) is 4.57. The van der Waals surface area contributed by atoms with Crippen LogP contribution in [0.3, 0.4) is 0 Å². The van der Waals surface area contributed by atoms with Gasteiger partial charge in [-0.1, -0.05) is 12.8 Å². The van der Waals surface area contributed by atoms with Gasteiger partial charge in [-0.15, -0.1) is 0 Å². The summed E-state index contributed by atoms with van der Waals surface area (Å²) in [4.78, 5) is 23.2. The SMILES string of the molecule is COC(=O)C1(CS(=O)(=O)N2CCCC2C(=O)O)CCCC1. The summed E-state index contributed by atoms with van der Waals surface area (Å²) in [5.41, 5.74) is -1.01. The number of nitrogens with zero attached hydrogens (tertiary/aromatic N) is 1. The fourth-order valence-corrected chi connectivity index (χ4v) is 5.69. The number of methoxy groups -OCH3 is 1. The van der Waals surface area contributed by atoms with Crippen molar-refractivity contribution in [3.05, 3.63) is 0 Å². The summed E-state index contributed by atoms with van der Waals surface area (Å²) < 4.78 is 31.0. The maximum absolute atomic E-state index is 12.6. The summed E-state index contributed by atoms with van der Waals surface area (Å²) in [6, 6.07) is -1.01. The van der Waals surface area contributed by atoms with Crippen molar-refractivity contribution >= 4 is 22.0 Å². The van der Waals surface area contributed by atoms with Gasteiger partial charge in [0, 0.05) is 6.54 Å². The third-order valence-corrected chi connectivity index (χ3v) is 6.55. The van der Waals surface area contributed by atoms with Crippen LogP contribution in [-0.4, -0.2) is 55.2 Å². The third-order valence-electron chi connectivity index (χ3n) is 4.48. The van der Waals surface area contributed by atoms with Gasteiger partial charge in [0.05, 0.1) is 18.3 Å². The second kappa shape index (κ2) is 5.92. The fraction of sp³-hybridized carbons (Fsp3) is 0.846. The molecule has 8 heteroatoms. The molecule has 2 rings (SSSR count). The van der Waals surface area contributed by atoms with E-state index in [1.165, 1.54) is 7.11 Å². The normalized spacial score (nSPS) is 25.9. The summed E-state index contributed by atoms with van der Waals surface area (Å²) in [6.45, 7) is 0.205. The molecule has 0 aromatic carbocycles. The first-order chi connectivity index (χ1) is 9.82. The van der Waals surface area contributed by atoms with E-state index in [0.717, 1.165) is 17.1 Å². The van der Waals surface area contributed by atoms with Crippen LogP contribution in [0.2, 0.25) is 0 Å². The monoisotopic (exact) mass is 319 g/mol. The van der Waals surface area contributed by atoms with Gasteiger partial charge in [-0.05, 0) is 25.7 Å². The number of carbonyl (C=O) groups excluding carboxylic acids is 1. The molecular formula is C13H21NO6S. The average Bonchev–Trinajstić information content (AvgIpc) is 3.06. The lowest BCUT2D eigenvalue weighted by atomic mass is 9.89. The molecule has 1 N–H and O–H groups in total. The fourth-order valence-electron chi connectivity index (χ4n) is 3.43. The Labute approximate surface area is 124 Å². The molecule has 1 aliphatic heterocycles. The molecule has 1 heterocycles. The molecule has 1 saturated heterocycles. The van der Waals surface area contributed by atoms with Crippen LogP contribution in [0.15, 0.2) is 0 Å². The lowest BCUT2D eigenvalue weighted by molar-refractivity contribution is -0.151. The molecule has 0 aromatic heterocycles. The summed E-state index contributed by atoms with van der Waals surface area (Å²) in [6.07, 6.45) is 3.37. The van der Waals surface area contributed by atoms with Crippen LogP contribution < -0.4 is 0 Å². The van der Waals surface area contributed by atoms with Gasteiger partial charge in [0.2, 0.25) is 10.0 Å². The van der Waals surface area contributed by atoms with Crippen molar-refractivity contribution in [2.75, 3.05) is 19.4 Å². The topological polar surface area (TPSA) is 101 Å². The maximum Gasteiger partial charge on any atom is 0.322 e. The molecule has 0 spiro atoms. The second-order valence-electron chi connectivity index (χ2n) is 5.84. The number of carbonyl (C=O) groups is 2. The lowest BCUT2D eigenvalue weighted by Gasteiger charge is -2.29. The van der Waals surface area contributed by atoms with Crippen molar-refractivity contribution in [1.29, 1.82) is 0 Å². The van der Waals surface area contributed by atoms with Gasteiger partial charge in [0.25, 0.3) is 0 Å². The zero-order chi connectivity index (χ0) is 15.7. The summed E-state index contributed by atoms with van der Waals surface area (Å²) >= 11 is 0. The van der Waals surface area contributed by atoms with Crippen molar-refractivity contribution < 1.29 is 27.9 Å². The van der Waals surface area contributed by atoms with Gasteiger partial charge in [0.1, 0.15) is 6.04 Å². The van der Waals surface area contributed by atoms with Gasteiger partial charge in [-0.2, -0.15) is 4.31 Å². The quantitative estimate of drug-likeness (QED) is 0.745. The number of carboxylic acid groups (broad SMARTS) is 1. The first kappa shape index (κ1) is 16.2. The zero-order valence-corrected chi connectivity index (χ0v) is 12.9. The maximum atomic E-state index is 12.6. The minimum atomic E-state index is -3.80. The van der Waals surface area contributed by atoms with Gasteiger partial charge in [-0.3, -0.25) is 9.59 Å². The van der Waals surface area contributed by atoms with E-state index in [-0.39, 0.29) is 12.3 Å². The van der Waals surface area contributed by atoms with E-state index in [0.29, 0.717) is 25.7 Å². The summed E-state index contributed by atoms with van der Waals surface area (Å²) in [5.74, 6) is -1.99. The number of hydrogen-bond acceptors (Lipinski definition) is 5. The van der Waals surface area contributed by atoms with Gasteiger partial charge >= 0.3 is 11.9 Å².